The molecule has 7 rings (SSSR count). The van der Waals surface area contributed by atoms with Crippen molar-refractivity contribution in [3.05, 3.63) is 65.8 Å². The van der Waals surface area contributed by atoms with E-state index in [2.05, 4.69) is 84.9 Å². The summed E-state index contributed by atoms with van der Waals surface area (Å²) in [5, 5.41) is 11.6. The average molecular weight is 523 g/mol. The second-order valence-electron chi connectivity index (χ2n) is 15.2. The third-order valence-corrected chi connectivity index (χ3v) is 11.9. The molecule has 206 valence electrons. The highest BCUT2D eigenvalue weighted by Gasteiger charge is 2.58. The second-order valence-corrected chi connectivity index (χ2v) is 15.2. The zero-order valence-electron chi connectivity index (χ0n) is 24.7. The predicted molar refractivity (Wildman–Crippen MR) is 158 cm³/mol. The van der Waals surface area contributed by atoms with Gasteiger partial charge in [0.25, 0.3) is 0 Å². The van der Waals surface area contributed by atoms with E-state index in [1.54, 1.807) is 11.1 Å². The highest BCUT2D eigenvalue weighted by Crippen LogP contribution is 2.68. The molecule has 3 saturated carbocycles. The Kier molecular flexibility index (Phi) is 5.89. The predicted octanol–water partition coefficient (Wildman–Crippen LogP) is 8.70. The molecular weight excluding hydrogens is 476 g/mol. The molecule has 0 N–H and O–H groups in total. The number of pyridine rings is 1. The molecule has 0 amide bonds. The Morgan fingerprint density at radius 3 is 2.67 bits per heavy atom. The fraction of sp³-hybridized carbons (Fsp3) is 0.629. The molecule has 3 aromatic rings. The Hall–Kier alpha value is -2.49. The summed E-state index contributed by atoms with van der Waals surface area (Å²) in [7, 11) is 0. The maximum absolute atomic E-state index is 4.61. The lowest BCUT2D eigenvalue weighted by Crippen LogP contribution is -2.49. The van der Waals surface area contributed by atoms with Crippen LogP contribution in [0.5, 0.6) is 0 Å². The molecule has 0 bridgehead atoms. The summed E-state index contributed by atoms with van der Waals surface area (Å²) >= 11 is 0. The minimum Gasteiger partial charge on any atom is -0.264 e. The van der Waals surface area contributed by atoms with Crippen LogP contribution < -0.4 is 0 Å². The molecular formula is C35H46N4. The zero-order valence-corrected chi connectivity index (χ0v) is 24.7. The van der Waals surface area contributed by atoms with Gasteiger partial charge in [0.05, 0.1) is 17.9 Å². The lowest BCUT2D eigenvalue weighted by Gasteiger charge is -2.58. The van der Waals surface area contributed by atoms with E-state index >= 15 is 0 Å². The Balaban J connectivity index is 1.13. The van der Waals surface area contributed by atoms with E-state index in [9.17, 15) is 0 Å². The van der Waals surface area contributed by atoms with E-state index in [0.29, 0.717) is 22.8 Å². The first kappa shape index (κ1) is 25.5. The molecule has 4 heteroatoms. The molecule has 1 aromatic carbocycles. The molecule has 0 saturated heterocycles. The van der Waals surface area contributed by atoms with E-state index in [1.807, 2.05) is 18.6 Å². The lowest BCUT2D eigenvalue weighted by molar-refractivity contribution is -0.0343. The summed E-state index contributed by atoms with van der Waals surface area (Å²) in [6.07, 6.45) is 20.2. The van der Waals surface area contributed by atoms with Crippen LogP contribution >= 0.6 is 0 Å². The summed E-state index contributed by atoms with van der Waals surface area (Å²) in [6, 6.07) is 9.80. The Morgan fingerprint density at radius 2 is 1.82 bits per heavy atom. The first-order valence-corrected chi connectivity index (χ1v) is 15.6. The van der Waals surface area contributed by atoms with Crippen molar-refractivity contribution < 1.29 is 0 Å². The number of fused-ring (bicyclic) bond motifs is 6. The molecule has 39 heavy (non-hydrogen) atoms. The first-order valence-electron chi connectivity index (χ1n) is 15.6. The molecule has 0 radical (unpaired) electrons. The largest absolute Gasteiger partial charge is 0.264 e. The van der Waals surface area contributed by atoms with Crippen LogP contribution in [0.3, 0.4) is 0 Å². The van der Waals surface area contributed by atoms with Crippen LogP contribution in [-0.4, -0.2) is 20.0 Å². The standard InChI is InChI=1S/C35H46N4/c1-33(2,3)20-28-22-37-38-39(28)27-12-15-34(4)26(19-27)8-9-29-31-11-10-30(35(31,5)16-13-32(29)34)24-7-6-23-14-17-36-21-25(23)18-24/h6-8,14,17-18,21-22,27,29-32H,9-13,15-16,19-20H2,1-5H3/t27-,29-,30+,31-,32-,34-,35+/m0/s1. The van der Waals surface area contributed by atoms with Crippen molar-refractivity contribution in [2.45, 2.75) is 104 Å². The summed E-state index contributed by atoms with van der Waals surface area (Å²) in [4.78, 5) is 4.41. The van der Waals surface area contributed by atoms with Crippen molar-refractivity contribution in [3.8, 4) is 0 Å². The van der Waals surface area contributed by atoms with Gasteiger partial charge in [0.15, 0.2) is 0 Å². The molecule has 3 fully saturated rings. The monoisotopic (exact) mass is 522 g/mol. The van der Waals surface area contributed by atoms with Crippen molar-refractivity contribution in [2.24, 2.45) is 34.0 Å². The zero-order chi connectivity index (χ0) is 27.0. The molecule has 4 nitrogen and oxygen atoms in total. The number of aromatic nitrogens is 4. The van der Waals surface area contributed by atoms with Gasteiger partial charge in [0.2, 0.25) is 0 Å². The number of rotatable bonds is 3. The third-order valence-electron chi connectivity index (χ3n) is 11.9. The Labute approximate surface area is 234 Å². The van der Waals surface area contributed by atoms with Gasteiger partial charge in [0.1, 0.15) is 0 Å². The number of hydrogen-bond donors (Lipinski definition) is 0. The number of hydrogen-bond acceptors (Lipinski definition) is 3. The van der Waals surface area contributed by atoms with E-state index in [-0.39, 0.29) is 5.41 Å². The molecule has 4 aliphatic carbocycles. The lowest BCUT2D eigenvalue weighted by atomic mass is 9.47. The first-order chi connectivity index (χ1) is 18.7. The van der Waals surface area contributed by atoms with Gasteiger partial charge in [-0.2, -0.15) is 0 Å². The molecule has 0 spiro atoms. The van der Waals surface area contributed by atoms with E-state index < -0.39 is 0 Å². The fourth-order valence-electron chi connectivity index (χ4n) is 9.96. The molecule has 7 atom stereocenters. The fourth-order valence-corrected chi connectivity index (χ4v) is 9.96. The van der Waals surface area contributed by atoms with Crippen LogP contribution in [0, 0.1) is 34.0 Å². The van der Waals surface area contributed by atoms with Gasteiger partial charge in [-0.25, -0.2) is 4.68 Å². The summed E-state index contributed by atoms with van der Waals surface area (Å²) in [5.41, 5.74) is 5.61. The van der Waals surface area contributed by atoms with Crippen molar-refractivity contribution in [3.63, 3.8) is 0 Å². The average Bonchev–Trinajstić information content (AvgIpc) is 3.50. The maximum Gasteiger partial charge on any atom is 0.0725 e. The van der Waals surface area contributed by atoms with Crippen LogP contribution in [0.25, 0.3) is 10.8 Å². The highest BCUT2D eigenvalue weighted by molar-refractivity contribution is 5.82. The van der Waals surface area contributed by atoms with Crippen LogP contribution in [0.2, 0.25) is 0 Å². The van der Waals surface area contributed by atoms with Gasteiger partial charge in [-0.15, -0.1) is 5.10 Å². The molecule has 0 aliphatic heterocycles. The SMILES string of the molecule is CC(C)(C)Cc1cnnn1[C@H]1CC[C@@]2(C)C(=CC[C@H]3[C@@H]4CC[C@H](c5ccc6ccncc6c5)[C@@]4(C)CC[C@@H]32)C1. The topological polar surface area (TPSA) is 43.6 Å². The number of allylic oxidation sites excluding steroid dienone is 2. The van der Waals surface area contributed by atoms with Crippen molar-refractivity contribution in [2.75, 3.05) is 0 Å². The Bertz CT molecular complexity index is 1410. The summed E-state index contributed by atoms with van der Waals surface area (Å²) in [5.74, 6) is 3.19. The smallest absolute Gasteiger partial charge is 0.0725 e. The summed E-state index contributed by atoms with van der Waals surface area (Å²) < 4.78 is 2.29. The van der Waals surface area contributed by atoms with Crippen LogP contribution in [0.4, 0.5) is 0 Å². The van der Waals surface area contributed by atoms with Gasteiger partial charge >= 0.3 is 0 Å². The molecule has 4 aliphatic rings. The second kappa shape index (κ2) is 9.01. The highest BCUT2D eigenvalue weighted by atomic mass is 15.4. The van der Waals surface area contributed by atoms with Crippen molar-refractivity contribution >= 4 is 10.8 Å². The van der Waals surface area contributed by atoms with Gasteiger partial charge < -0.3 is 0 Å². The van der Waals surface area contributed by atoms with Gasteiger partial charge in [-0.1, -0.05) is 63.6 Å². The van der Waals surface area contributed by atoms with E-state index in [1.165, 1.54) is 61.4 Å². The molecule has 2 aromatic heterocycles. The molecule has 2 heterocycles. The minimum absolute atomic E-state index is 0.248. The van der Waals surface area contributed by atoms with Gasteiger partial charge in [-0.3, -0.25) is 4.98 Å². The third kappa shape index (κ3) is 4.11. The van der Waals surface area contributed by atoms with E-state index in [4.69, 9.17) is 0 Å². The number of nitrogens with zero attached hydrogens (tertiary/aromatic N) is 4. The van der Waals surface area contributed by atoms with E-state index in [0.717, 1.165) is 30.6 Å². The van der Waals surface area contributed by atoms with Crippen LogP contribution in [0.15, 0.2) is 54.5 Å². The normalized spacial score (nSPS) is 36.2. The van der Waals surface area contributed by atoms with Crippen LogP contribution in [-0.2, 0) is 6.42 Å². The number of benzene rings is 1. The van der Waals surface area contributed by atoms with Crippen molar-refractivity contribution in [1.29, 1.82) is 0 Å². The Morgan fingerprint density at radius 1 is 0.949 bits per heavy atom. The van der Waals surface area contributed by atoms with Gasteiger partial charge in [0, 0.05) is 17.8 Å². The molecule has 0 unspecified atom stereocenters. The maximum atomic E-state index is 4.61. The summed E-state index contributed by atoms with van der Waals surface area (Å²) in [6.45, 7) is 12.2. The van der Waals surface area contributed by atoms with Crippen molar-refractivity contribution in [1.82, 2.24) is 20.0 Å². The van der Waals surface area contributed by atoms with Crippen LogP contribution in [0.1, 0.15) is 109 Å². The van der Waals surface area contributed by atoms with Gasteiger partial charge in [-0.05, 0) is 121 Å². The minimum atomic E-state index is 0.248. The quantitative estimate of drug-likeness (QED) is 0.323.